The SMILES string of the molecule is CCN(CC)c1ccc(CN[C@H](C(=O)OC)C(C)C)cc1. The van der Waals surface area contributed by atoms with E-state index in [4.69, 9.17) is 4.74 Å². The van der Waals surface area contributed by atoms with Crippen molar-refractivity contribution in [2.75, 3.05) is 25.1 Å². The van der Waals surface area contributed by atoms with Gasteiger partial charge in [0.1, 0.15) is 6.04 Å². The lowest BCUT2D eigenvalue weighted by Crippen LogP contribution is -2.41. The first kappa shape index (κ1) is 17.5. The zero-order chi connectivity index (χ0) is 15.8. The Balaban J connectivity index is 2.65. The average Bonchev–Trinajstić information content (AvgIpc) is 2.49. The normalized spacial score (nSPS) is 12.3. The van der Waals surface area contributed by atoms with E-state index in [2.05, 4.69) is 48.3 Å². The molecule has 4 nitrogen and oxygen atoms in total. The van der Waals surface area contributed by atoms with E-state index in [1.54, 1.807) is 0 Å². The summed E-state index contributed by atoms with van der Waals surface area (Å²) in [6.07, 6.45) is 0. The number of nitrogens with zero attached hydrogens (tertiary/aromatic N) is 1. The molecule has 21 heavy (non-hydrogen) atoms. The smallest absolute Gasteiger partial charge is 0.323 e. The lowest BCUT2D eigenvalue weighted by Gasteiger charge is -2.22. The van der Waals surface area contributed by atoms with Crippen LogP contribution in [0.1, 0.15) is 33.3 Å². The second kappa shape index (κ2) is 8.67. The molecule has 4 heteroatoms. The number of hydrogen-bond acceptors (Lipinski definition) is 4. The van der Waals surface area contributed by atoms with E-state index >= 15 is 0 Å². The molecule has 118 valence electrons. The third-order valence-electron chi connectivity index (χ3n) is 3.71. The number of carbonyl (C=O) groups excluding carboxylic acids is 1. The number of rotatable bonds is 8. The van der Waals surface area contributed by atoms with Gasteiger partial charge in [-0.2, -0.15) is 0 Å². The summed E-state index contributed by atoms with van der Waals surface area (Å²) in [5.74, 6) is -0.00263. The van der Waals surface area contributed by atoms with E-state index in [-0.39, 0.29) is 17.9 Å². The molecular formula is C17H28N2O2. The summed E-state index contributed by atoms with van der Waals surface area (Å²) in [5.41, 5.74) is 2.40. The van der Waals surface area contributed by atoms with Gasteiger partial charge in [-0.05, 0) is 37.5 Å². The van der Waals surface area contributed by atoms with E-state index in [1.807, 2.05) is 13.8 Å². The Morgan fingerprint density at radius 3 is 2.19 bits per heavy atom. The molecule has 0 unspecified atom stereocenters. The molecule has 0 aromatic heterocycles. The van der Waals surface area contributed by atoms with Crippen LogP contribution in [0.4, 0.5) is 5.69 Å². The van der Waals surface area contributed by atoms with E-state index < -0.39 is 0 Å². The van der Waals surface area contributed by atoms with Crippen molar-refractivity contribution >= 4 is 11.7 Å². The zero-order valence-electron chi connectivity index (χ0n) is 13.8. The van der Waals surface area contributed by atoms with Crippen molar-refractivity contribution in [2.24, 2.45) is 5.92 Å². The number of hydrogen-bond donors (Lipinski definition) is 1. The molecule has 0 bridgehead atoms. The zero-order valence-corrected chi connectivity index (χ0v) is 13.8. The lowest BCUT2D eigenvalue weighted by atomic mass is 10.0. The highest BCUT2D eigenvalue weighted by Crippen LogP contribution is 2.15. The molecule has 0 fully saturated rings. The Morgan fingerprint density at radius 2 is 1.76 bits per heavy atom. The van der Waals surface area contributed by atoms with Gasteiger partial charge in [-0.1, -0.05) is 26.0 Å². The molecule has 0 spiro atoms. The predicted molar refractivity (Wildman–Crippen MR) is 87.5 cm³/mol. The standard InChI is InChI=1S/C17H28N2O2/c1-6-19(7-2)15-10-8-14(9-11-15)12-18-16(13(3)4)17(20)21-5/h8-11,13,16,18H,6-7,12H2,1-5H3/t16-/m0/s1. The monoisotopic (exact) mass is 292 g/mol. The molecule has 0 heterocycles. The average molecular weight is 292 g/mol. The molecule has 0 amide bonds. The fourth-order valence-corrected chi connectivity index (χ4v) is 2.36. The second-order valence-corrected chi connectivity index (χ2v) is 5.46. The van der Waals surface area contributed by atoms with Crippen LogP contribution in [0.15, 0.2) is 24.3 Å². The van der Waals surface area contributed by atoms with Crippen LogP contribution >= 0.6 is 0 Å². The summed E-state index contributed by atoms with van der Waals surface area (Å²) in [4.78, 5) is 14.0. The minimum Gasteiger partial charge on any atom is -0.468 e. The maximum Gasteiger partial charge on any atom is 0.323 e. The largest absolute Gasteiger partial charge is 0.468 e. The summed E-state index contributed by atoms with van der Waals surface area (Å²) in [5, 5.41) is 3.27. The van der Waals surface area contributed by atoms with Gasteiger partial charge in [0.2, 0.25) is 0 Å². The summed E-state index contributed by atoms with van der Waals surface area (Å²) in [6.45, 7) is 11.0. The topological polar surface area (TPSA) is 41.6 Å². The Morgan fingerprint density at radius 1 is 1.19 bits per heavy atom. The minimum atomic E-state index is -0.266. The molecule has 0 radical (unpaired) electrons. The van der Waals surface area contributed by atoms with Crippen LogP contribution in [0, 0.1) is 5.92 Å². The van der Waals surface area contributed by atoms with Crippen LogP contribution in [0.2, 0.25) is 0 Å². The molecule has 1 aromatic carbocycles. The molecule has 1 atom stereocenters. The molecule has 0 saturated carbocycles. The summed E-state index contributed by atoms with van der Waals surface area (Å²) in [7, 11) is 1.43. The van der Waals surface area contributed by atoms with E-state index in [0.717, 1.165) is 13.1 Å². The first-order chi connectivity index (χ1) is 10.0. The highest BCUT2D eigenvalue weighted by Gasteiger charge is 2.21. The molecule has 0 saturated heterocycles. The molecule has 1 N–H and O–H groups in total. The van der Waals surface area contributed by atoms with Gasteiger partial charge in [-0.15, -0.1) is 0 Å². The van der Waals surface area contributed by atoms with Crippen LogP contribution in [0.3, 0.4) is 0 Å². The van der Waals surface area contributed by atoms with Crippen LogP contribution in [0.25, 0.3) is 0 Å². The fourth-order valence-electron chi connectivity index (χ4n) is 2.36. The third-order valence-corrected chi connectivity index (χ3v) is 3.71. The summed E-state index contributed by atoms with van der Waals surface area (Å²) >= 11 is 0. The number of esters is 1. The molecule has 1 rings (SSSR count). The van der Waals surface area contributed by atoms with Crippen molar-refractivity contribution in [3.63, 3.8) is 0 Å². The maximum atomic E-state index is 11.7. The van der Waals surface area contributed by atoms with Gasteiger partial charge in [0, 0.05) is 25.3 Å². The van der Waals surface area contributed by atoms with Crippen LogP contribution < -0.4 is 10.2 Å². The summed E-state index contributed by atoms with van der Waals surface area (Å²) < 4.78 is 4.83. The van der Waals surface area contributed by atoms with Gasteiger partial charge >= 0.3 is 5.97 Å². The lowest BCUT2D eigenvalue weighted by molar-refractivity contribution is -0.144. The number of benzene rings is 1. The number of methoxy groups -OCH3 is 1. The van der Waals surface area contributed by atoms with Crippen molar-refractivity contribution in [3.8, 4) is 0 Å². The number of ether oxygens (including phenoxy) is 1. The van der Waals surface area contributed by atoms with Gasteiger partial charge in [0.05, 0.1) is 7.11 Å². The van der Waals surface area contributed by atoms with Gasteiger partial charge in [0.15, 0.2) is 0 Å². The molecular weight excluding hydrogens is 264 g/mol. The van der Waals surface area contributed by atoms with Crippen molar-refractivity contribution < 1.29 is 9.53 Å². The maximum absolute atomic E-state index is 11.7. The summed E-state index contributed by atoms with van der Waals surface area (Å²) in [6, 6.07) is 8.21. The van der Waals surface area contributed by atoms with Crippen molar-refractivity contribution in [2.45, 2.75) is 40.3 Å². The van der Waals surface area contributed by atoms with E-state index in [9.17, 15) is 4.79 Å². The fraction of sp³-hybridized carbons (Fsp3) is 0.588. The van der Waals surface area contributed by atoms with Gasteiger partial charge in [0.25, 0.3) is 0 Å². The van der Waals surface area contributed by atoms with Crippen LogP contribution in [-0.4, -0.2) is 32.2 Å². The van der Waals surface area contributed by atoms with Crippen LogP contribution in [0.5, 0.6) is 0 Å². The Labute approximate surface area is 128 Å². The highest BCUT2D eigenvalue weighted by molar-refractivity contribution is 5.75. The number of anilines is 1. The third kappa shape index (κ3) is 5.05. The van der Waals surface area contributed by atoms with Gasteiger partial charge in [-0.25, -0.2) is 0 Å². The minimum absolute atomic E-state index is 0.201. The molecule has 0 aliphatic rings. The number of nitrogens with one attached hydrogen (secondary N) is 1. The predicted octanol–water partition coefficient (Wildman–Crippen LogP) is 2.82. The Kier molecular flexibility index (Phi) is 7.23. The first-order valence-electron chi connectivity index (χ1n) is 7.68. The number of carbonyl (C=O) groups is 1. The molecule has 1 aromatic rings. The Bertz CT molecular complexity index is 425. The quantitative estimate of drug-likeness (QED) is 0.748. The van der Waals surface area contributed by atoms with Crippen molar-refractivity contribution in [3.05, 3.63) is 29.8 Å². The highest BCUT2D eigenvalue weighted by atomic mass is 16.5. The molecule has 0 aliphatic carbocycles. The van der Waals surface area contributed by atoms with E-state index in [1.165, 1.54) is 18.4 Å². The van der Waals surface area contributed by atoms with Gasteiger partial charge in [-0.3, -0.25) is 4.79 Å². The molecule has 0 aliphatic heterocycles. The van der Waals surface area contributed by atoms with Crippen molar-refractivity contribution in [1.29, 1.82) is 0 Å². The van der Waals surface area contributed by atoms with Crippen molar-refractivity contribution in [1.82, 2.24) is 5.32 Å². The first-order valence-corrected chi connectivity index (χ1v) is 7.68. The Hall–Kier alpha value is -1.55. The van der Waals surface area contributed by atoms with Gasteiger partial charge < -0.3 is 15.0 Å². The van der Waals surface area contributed by atoms with Crippen LogP contribution in [-0.2, 0) is 16.1 Å². The second-order valence-electron chi connectivity index (χ2n) is 5.46. The van der Waals surface area contributed by atoms with E-state index in [0.29, 0.717) is 6.54 Å².